The Kier molecular flexibility index (Phi) is 6.54. The Balaban J connectivity index is 1.52. The molecule has 1 fully saturated rings. The predicted octanol–water partition coefficient (Wildman–Crippen LogP) is 3.09. The SMILES string of the molecule is Cc1ccc(CN2C[C@@H](C(=O)N(C)CC(=O)Nc3ccc(Cl)cc3)CC2=O)cc1. The van der Waals surface area contributed by atoms with Crippen molar-refractivity contribution >= 4 is 35.0 Å². The van der Waals surface area contributed by atoms with Gasteiger partial charge in [-0.25, -0.2) is 0 Å². The van der Waals surface area contributed by atoms with Crippen molar-refractivity contribution in [3.63, 3.8) is 0 Å². The van der Waals surface area contributed by atoms with E-state index in [-0.39, 0.29) is 30.7 Å². The summed E-state index contributed by atoms with van der Waals surface area (Å²) >= 11 is 5.83. The van der Waals surface area contributed by atoms with E-state index < -0.39 is 5.92 Å². The number of nitrogens with one attached hydrogen (secondary N) is 1. The molecule has 3 rings (SSSR count). The lowest BCUT2D eigenvalue weighted by molar-refractivity contribution is -0.137. The third-order valence-corrected chi connectivity index (χ3v) is 5.19. The van der Waals surface area contributed by atoms with Gasteiger partial charge in [-0.05, 0) is 36.8 Å². The average Bonchev–Trinajstić information content (AvgIpc) is 3.05. The number of anilines is 1. The summed E-state index contributed by atoms with van der Waals surface area (Å²) in [7, 11) is 1.58. The van der Waals surface area contributed by atoms with Crippen molar-refractivity contribution in [2.75, 3.05) is 25.5 Å². The van der Waals surface area contributed by atoms with Crippen molar-refractivity contribution in [3.8, 4) is 0 Å². The van der Waals surface area contributed by atoms with E-state index in [0.717, 1.165) is 11.1 Å². The Labute approximate surface area is 175 Å². The number of hydrogen-bond donors (Lipinski definition) is 1. The largest absolute Gasteiger partial charge is 0.338 e. The molecule has 2 aromatic carbocycles. The fourth-order valence-corrected chi connectivity index (χ4v) is 3.47. The van der Waals surface area contributed by atoms with Crippen LogP contribution in [0.1, 0.15) is 17.5 Å². The summed E-state index contributed by atoms with van der Waals surface area (Å²) in [6.07, 6.45) is 0.174. The molecule has 152 valence electrons. The maximum absolute atomic E-state index is 12.7. The molecule has 0 spiro atoms. The number of nitrogens with zero attached hydrogens (tertiary/aromatic N) is 2. The van der Waals surface area contributed by atoms with Gasteiger partial charge in [0, 0.05) is 37.3 Å². The van der Waals surface area contributed by atoms with Crippen LogP contribution in [0.2, 0.25) is 5.02 Å². The molecule has 1 N–H and O–H groups in total. The molecule has 0 saturated carbocycles. The molecule has 7 heteroatoms. The highest BCUT2D eigenvalue weighted by Gasteiger charge is 2.36. The average molecular weight is 414 g/mol. The standard InChI is InChI=1S/C22H24ClN3O3/c1-15-3-5-16(6-4-15)12-26-13-17(11-21(26)28)22(29)25(2)14-20(27)24-19-9-7-18(23)8-10-19/h3-10,17H,11-14H2,1-2H3,(H,24,27)/t17-/m0/s1. The molecule has 1 saturated heterocycles. The van der Waals surface area contributed by atoms with Crippen LogP contribution < -0.4 is 5.32 Å². The van der Waals surface area contributed by atoms with E-state index in [4.69, 9.17) is 11.6 Å². The summed E-state index contributed by atoms with van der Waals surface area (Å²) < 4.78 is 0. The second-order valence-electron chi connectivity index (χ2n) is 7.41. The number of hydrogen-bond acceptors (Lipinski definition) is 3. The fraction of sp³-hybridized carbons (Fsp3) is 0.318. The van der Waals surface area contributed by atoms with Crippen LogP contribution in [0.4, 0.5) is 5.69 Å². The molecular weight excluding hydrogens is 390 g/mol. The third-order valence-electron chi connectivity index (χ3n) is 4.94. The maximum atomic E-state index is 12.7. The van der Waals surface area contributed by atoms with Crippen molar-refractivity contribution in [3.05, 3.63) is 64.7 Å². The number of likely N-dealkylation sites (tertiary alicyclic amines) is 1. The molecule has 0 aliphatic carbocycles. The second kappa shape index (κ2) is 9.09. The van der Waals surface area contributed by atoms with Gasteiger partial charge >= 0.3 is 0 Å². The summed E-state index contributed by atoms with van der Waals surface area (Å²) in [4.78, 5) is 40.3. The molecule has 1 heterocycles. The lowest BCUT2D eigenvalue weighted by Crippen LogP contribution is -2.39. The van der Waals surface area contributed by atoms with E-state index in [0.29, 0.717) is 23.8 Å². The zero-order chi connectivity index (χ0) is 21.0. The van der Waals surface area contributed by atoms with Crippen molar-refractivity contribution < 1.29 is 14.4 Å². The molecule has 0 unspecified atom stereocenters. The predicted molar refractivity (Wildman–Crippen MR) is 112 cm³/mol. The number of likely N-dealkylation sites (N-methyl/N-ethyl adjacent to an activating group) is 1. The van der Waals surface area contributed by atoms with Crippen LogP contribution in [-0.4, -0.2) is 47.7 Å². The first-order valence-electron chi connectivity index (χ1n) is 9.45. The Morgan fingerprint density at radius 1 is 1.14 bits per heavy atom. The topological polar surface area (TPSA) is 69.7 Å². The molecule has 29 heavy (non-hydrogen) atoms. The molecule has 6 nitrogen and oxygen atoms in total. The molecule has 0 aromatic heterocycles. The summed E-state index contributed by atoms with van der Waals surface area (Å²) in [5.74, 6) is -0.968. The van der Waals surface area contributed by atoms with Crippen LogP contribution >= 0.6 is 11.6 Å². The number of amides is 3. The quantitative estimate of drug-likeness (QED) is 0.791. The van der Waals surface area contributed by atoms with E-state index in [1.807, 2.05) is 31.2 Å². The van der Waals surface area contributed by atoms with Gasteiger partial charge in [-0.15, -0.1) is 0 Å². The van der Waals surface area contributed by atoms with Gasteiger partial charge in [-0.2, -0.15) is 0 Å². The lowest BCUT2D eigenvalue weighted by atomic mass is 10.1. The van der Waals surface area contributed by atoms with Gasteiger partial charge in [-0.3, -0.25) is 14.4 Å². The van der Waals surface area contributed by atoms with Gasteiger partial charge in [0.25, 0.3) is 0 Å². The van der Waals surface area contributed by atoms with Crippen LogP contribution in [-0.2, 0) is 20.9 Å². The van der Waals surface area contributed by atoms with Crippen molar-refractivity contribution in [2.24, 2.45) is 5.92 Å². The van der Waals surface area contributed by atoms with E-state index in [2.05, 4.69) is 5.32 Å². The molecule has 1 aliphatic rings. The Morgan fingerprint density at radius 3 is 2.45 bits per heavy atom. The Bertz CT molecular complexity index is 897. The number of carbonyl (C=O) groups is 3. The maximum Gasteiger partial charge on any atom is 0.243 e. The van der Waals surface area contributed by atoms with Gasteiger partial charge < -0.3 is 15.1 Å². The summed E-state index contributed by atoms with van der Waals surface area (Å²) in [6, 6.07) is 14.7. The molecule has 1 atom stereocenters. The van der Waals surface area contributed by atoms with Crippen molar-refractivity contribution in [1.29, 1.82) is 0 Å². The zero-order valence-corrected chi connectivity index (χ0v) is 17.3. The van der Waals surface area contributed by atoms with Gasteiger partial charge in [0.15, 0.2) is 0 Å². The fourth-order valence-electron chi connectivity index (χ4n) is 3.34. The van der Waals surface area contributed by atoms with Crippen molar-refractivity contribution in [1.82, 2.24) is 9.80 Å². The first-order chi connectivity index (χ1) is 13.8. The van der Waals surface area contributed by atoms with Crippen LogP contribution in [0.5, 0.6) is 0 Å². The minimum absolute atomic E-state index is 0.0389. The van der Waals surface area contributed by atoms with Crippen molar-refractivity contribution in [2.45, 2.75) is 19.9 Å². The van der Waals surface area contributed by atoms with Gasteiger partial charge in [0.2, 0.25) is 17.7 Å². The van der Waals surface area contributed by atoms with Gasteiger partial charge in [-0.1, -0.05) is 41.4 Å². The normalized spacial score (nSPS) is 16.0. The second-order valence-corrected chi connectivity index (χ2v) is 7.85. The monoisotopic (exact) mass is 413 g/mol. The number of halogens is 1. The number of benzene rings is 2. The third kappa shape index (κ3) is 5.57. The van der Waals surface area contributed by atoms with E-state index in [1.54, 1.807) is 36.2 Å². The minimum Gasteiger partial charge on any atom is -0.338 e. The Hall–Kier alpha value is -2.86. The number of aryl methyl sites for hydroxylation is 1. The van der Waals surface area contributed by atoms with E-state index in [9.17, 15) is 14.4 Å². The Morgan fingerprint density at radius 2 is 1.79 bits per heavy atom. The van der Waals surface area contributed by atoms with Crippen LogP contribution in [0.3, 0.4) is 0 Å². The number of carbonyl (C=O) groups excluding carboxylic acids is 3. The lowest BCUT2D eigenvalue weighted by Gasteiger charge is -2.21. The molecule has 1 aliphatic heterocycles. The first kappa shape index (κ1) is 20.9. The minimum atomic E-state index is -0.429. The summed E-state index contributed by atoms with van der Waals surface area (Å²) in [6.45, 7) is 2.79. The van der Waals surface area contributed by atoms with Gasteiger partial charge in [0.05, 0.1) is 12.5 Å². The molecule has 0 radical (unpaired) electrons. The molecule has 3 amide bonds. The van der Waals surface area contributed by atoms with Crippen LogP contribution in [0.15, 0.2) is 48.5 Å². The highest BCUT2D eigenvalue weighted by Crippen LogP contribution is 2.22. The molecule has 2 aromatic rings. The smallest absolute Gasteiger partial charge is 0.243 e. The molecular formula is C22H24ClN3O3. The summed E-state index contributed by atoms with van der Waals surface area (Å²) in [5.41, 5.74) is 2.81. The van der Waals surface area contributed by atoms with E-state index in [1.165, 1.54) is 4.90 Å². The van der Waals surface area contributed by atoms with Crippen LogP contribution in [0, 0.1) is 12.8 Å². The highest BCUT2D eigenvalue weighted by atomic mass is 35.5. The highest BCUT2D eigenvalue weighted by molar-refractivity contribution is 6.30. The van der Waals surface area contributed by atoms with Gasteiger partial charge in [0.1, 0.15) is 0 Å². The zero-order valence-electron chi connectivity index (χ0n) is 16.5. The number of rotatable bonds is 6. The first-order valence-corrected chi connectivity index (χ1v) is 9.83. The van der Waals surface area contributed by atoms with E-state index >= 15 is 0 Å². The molecule has 0 bridgehead atoms. The summed E-state index contributed by atoms with van der Waals surface area (Å²) in [5, 5.41) is 3.31. The van der Waals surface area contributed by atoms with Crippen LogP contribution in [0.25, 0.3) is 0 Å².